The lowest BCUT2D eigenvalue weighted by molar-refractivity contribution is 0.194. The molecule has 0 amide bonds. The fraction of sp³-hybridized carbons (Fsp3) is 0.786. The maximum absolute atomic E-state index is 5.02. The lowest BCUT2D eigenvalue weighted by Crippen LogP contribution is -2.17. The molecule has 0 atom stereocenters. The first kappa shape index (κ1) is 13.6. The van der Waals surface area contributed by atoms with E-state index in [0.29, 0.717) is 6.04 Å². The first-order valence-corrected chi connectivity index (χ1v) is 7.14. The highest BCUT2D eigenvalue weighted by Gasteiger charge is 2.15. The number of nitrogens with one attached hydrogen (secondary N) is 1. The van der Waals surface area contributed by atoms with Gasteiger partial charge in [0, 0.05) is 26.5 Å². The highest BCUT2D eigenvalue weighted by Crippen LogP contribution is 2.27. The van der Waals surface area contributed by atoms with E-state index in [1.807, 2.05) is 0 Å². The molecular weight excluding hydrogens is 226 g/mol. The second kappa shape index (κ2) is 7.54. The smallest absolute Gasteiger partial charge is 0.0762 e. The third-order valence-electron chi connectivity index (χ3n) is 3.62. The minimum atomic E-state index is 0.640. The van der Waals surface area contributed by atoms with Gasteiger partial charge in [-0.15, -0.1) is 0 Å². The van der Waals surface area contributed by atoms with E-state index in [1.165, 1.54) is 32.1 Å². The van der Waals surface area contributed by atoms with Gasteiger partial charge in [0.15, 0.2) is 0 Å². The maximum atomic E-state index is 5.02. The van der Waals surface area contributed by atoms with E-state index >= 15 is 0 Å². The molecule has 1 aromatic heterocycles. The molecule has 0 spiro atoms. The number of nitrogens with zero attached hydrogens (tertiary/aromatic N) is 2. The molecule has 0 unspecified atom stereocenters. The zero-order valence-corrected chi connectivity index (χ0v) is 11.4. The summed E-state index contributed by atoms with van der Waals surface area (Å²) >= 11 is 0. The monoisotopic (exact) mass is 251 g/mol. The number of aromatic nitrogens is 2. The Morgan fingerprint density at radius 1 is 1.39 bits per heavy atom. The molecular formula is C14H25N3O. The summed E-state index contributed by atoms with van der Waals surface area (Å²) < 4.78 is 7.19. The molecule has 1 aromatic rings. The molecule has 18 heavy (non-hydrogen) atoms. The van der Waals surface area contributed by atoms with Crippen molar-refractivity contribution in [2.45, 2.75) is 51.1 Å². The van der Waals surface area contributed by atoms with Crippen LogP contribution in [0.15, 0.2) is 12.3 Å². The number of ether oxygens (including phenoxy) is 1. The largest absolute Gasteiger partial charge is 0.385 e. The summed E-state index contributed by atoms with van der Waals surface area (Å²) in [4.78, 5) is 0. The first-order valence-electron chi connectivity index (χ1n) is 7.14. The topological polar surface area (TPSA) is 39.1 Å². The average Bonchev–Trinajstić information content (AvgIpc) is 2.88. The van der Waals surface area contributed by atoms with Gasteiger partial charge in [0.1, 0.15) is 0 Å². The van der Waals surface area contributed by atoms with Crippen LogP contribution in [0.2, 0.25) is 0 Å². The Morgan fingerprint density at radius 2 is 2.22 bits per heavy atom. The molecule has 1 aliphatic rings. The van der Waals surface area contributed by atoms with E-state index in [1.54, 1.807) is 7.11 Å². The van der Waals surface area contributed by atoms with Crippen molar-refractivity contribution in [1.29, 1.82) is 0 Å². The number of rotatable bonds is 7. The minimum Gasteiger partial charge on any atom is -0.385 e. The molecule has 0 aromatic carbocycles. The minimum absolute atomic E-state index is 0.640. The van der Waals surface area contributed by atoms with Crippen molar-refractivity contribution >= 4 is 0 Å². The van der Waals surface area contributed by atoms with Gasteiger partial charge in [0.25, 0.3) is 0 Å². The molecule has 1 N–H and O–H groups in total. The Kier molecular flexibility index (Phi) is 5.68. The van der Waals surface area contributed by atoms with Gasteiger partial charge in [0.2, 0.25) is 0 Å². The maximum Gasteiger partial charge on any atom is 0.0762 e. The zero-order chi connectivity index (χ0) is 12.6. The second-order valence-corrected chi connectivity index (χ2v) is 5.10. The predicted octanol–water partition coefficient (Wildman–Crippen LogP) is 2.51. The molecule has 1 heterocycles. The highest BCUT2D eigenvalue weighted by molar-refractivity contribution is 4.99. The standard InChI is InChI=1S/C14H25N3O/c1-18-11-5-9-15-12-13-8-10-17(16-13)14-6-3-2-4-7-14/h8,10,14-15H,2-7,9,11-12H2,1H3. The third kappa shape index (κ3) is 4.10. The number of methoxy groups -OCH3 is 1. The molecule has 0 radical (unpaired) electrons. The Morgan fingerprint density at radius 3 is 3.00 bits per heavy atom. The molecule has 1 fully saturated rings. The van der Waals surface area contributed by atoms with Crippen LogP contribution in [-0.2, 0) is 11.3 Å². The molecule has 1 aliphatic carbocycles. The Labute approximate surface area is 110 Å². The van der Waals surface area contributed by atoms with Crippen LogP contribution in [0.25, 0.3) is 0 Å². The van der Waals surface area contributed by atoms with Gasteiger partial charge in [-0.2, -0.15) is 5.10 Å². The van der Waals surface area contributed by atoms with Crippen molar-refractivity contribution in [2.24, 2.45) is 0 Å². The van der Waals surface area contributed by atoms with Crippen molar-refractivity contribution in [3.63, 3.8) is 0 Å². The van der Waals surface area contributed by atoms with Gasteiger partial charge >= 0.3 is 0 Å². The van der Waals surface area contributed by atoms with E-state index in [0.717, 1.165) is 31.8 Å². The SMILES string of the molecule is COCCCNCc1ccn(C2CCCCC2)n1. The van der Waals surface area contributed by atoms with Crippen LogP contribution in [0.3, 0.4) is 0 Å². The normalized spacial score (nSPS) is 17.2. The fourth-order valence-corrected chi connectivity index (χ4v) is 2.58. The lowest BCUT2D eigenvalue weighted by atomic mass is 9.96. The summed E-state index contributed by atoms with van der Waals surface area (Å²) in [6, 6.07) is 2.78. The summed E-state index contributed by atoms with van der Waals surface area (Å²) in [6.07, 6.45) is 9.89. The third-order valence-corrected chi connectivity index (χ3v) is 3.62. The Balaban J connectivity index is 1.72. The van der Waals surface area contributed by atoms with Crippen molar-refractivity contribution in [2.75, 3.05) is 20.3 Å². The molecule has 4 nitrogen and oxygen atoms in total. The summed E-state index contributed by atoms with van der Waals surface area (Å²) in [5.41, 5.74) is 1.15. The number of hydrogen-bond donors (Lipinski definition) is 1. The van der Waals surface area contributed by atoms with Gasteiger partial charge in [-0.3, -0.25) is 4.68 Å². The van der Waals surface area contributed by atoms with Crippen LogP contribution >= 0.6 is 0 Å². The van der Waals surface area contributed by atoms with Crippen molar-refractivity contribution in [3.8, 4) is 0 Å². The van der Waals surface area contributed by atoms with Crippen LogP contribution < -0.4 is 5.32 Å². The van der Waals surface area contributed by atoms with E-state index in [-0.39, 0.29) is 0 Å². The van der Waals surface area contributed by atoms with Gasteiger partial charge < -0.3 is 10.1 Å². The zero-order valence-electron chi connectivity index (χ0n) is 11.4. The second-order valence-electron chi connectivity index (χ2n) is 5.10. The highest BCUT2D eigenvalue weighted by atomic mass is 16.5. The quantitative estimate of drug-likeness (QED) is 0.757. The first-order chi connectivity index (χ1) is 8.90. The lowest BCUT2D eigenvalue weighted by Gasteiger charge is -2.21. The van der Waals surface area contributed by atoms with E-state index in [2.05, 4.69) is 27.4 Å². The Hall–Kier alpha value is -0.870. The average molecular weight is 251 g/mol. The molecule has 0 saturated heterocycles. The van der Waals surface area contributed by atoms with E-state index in [9.17, 15) is 0 Å². The van der Waals surface area contributed by atoms with Crippen LogP contribution in [0.4, 0.5) is 0 Å². The summed E-state index contributed by atoms with van der Waals surface area (Å²) in [5.74, 6) is 0. The van der Waals surface area contributed by atoms with Gasteiger partial charge in [-0.25, -0.2) is 0 Å². The van der Waals surface area contributed by atoms with Crippen LogP contribution in [0.1, 0.15) is 50.3 Å². The van der Waals surface area contributed by atoms with E-state index in [4.69, 9.17) is 4.74 Å². The molecule has 1 saturated carbocycles. The molecule has 4 heteroatoms. The van der Waals surface area contributed by atoms with Crippen LogP contribution in [0, 0.1) is 0 Å². The van der Waals surface area contributed by atoms with Crippen LogP contribution in [0.5, 0.6) is 0 Å². The summed E-state index contributed by atoms with van der Waals surface area (Å²) in [6.45, 7) is 2.68. The van der Waals surface area contributed by atoms with Crippen LogP contribution in [-0.4, -0.2) is 30.0 Å². The molecule has 0 aliphatic heterocycles. The molecule has 0 bridgehead atoms. The Bertz CT molecular complexity index is 332. The van der Waals surface area contributed by atoms with Gasteiger partial charge in [-0.05, 0) is 31.9 Å². The van der Waals surface area contributed by atoms with Gasteiger partial charge in [0.05, 0.1) is 11.7 Å². The summed E-state index contributed by atoms with van der Waals surface area (Å²) in [5, 5.41) is 8.07. The van der Waals surface area contributed by atoms with Gasteiger partial charge in [-0.1, -0.05) is 19.3 Å². The van der Waals surface area contributed by atoms with Crippen molar-refractivity contribution in [1.82, 2.24) is 15.1 Å². The molecule has 2 rings (SSSR count). The van der Waals surface area contributed by atoms with Crippen molar-refractivity contribution < 1.29 is 4.74 Å². The van der Waals surface area contributed by atoms with E-state index < -0.39 is 0 Å². The van der Waals surface area contributed by atoms with Crippen molar-refractivity contribution in [3.05, 3.63) is 18.0 Å². The predicted molar refractivity (Wildman–Crippen MR) is 72.5 cm³/mol. The fourth-order valence-electron chi connectivity index (χ4n) is 2.58. The number of hydrogen-bond acceptors (Lipinski definition) is 3. The molecule has 102 valence electrons. The summed E-state index contributed by atoms with van der Waals surface area (Å²) in [7, 11) is 1.74.